The van der Waals surface area contributed by atoms with Crippen molar-refractivity contribution in [2.75, 3.05) is 13.6 Å². The van der Waals surface area contributed by atoms with E-state index in [2.05, 4.69) is 4.98 Å². The molecule has 98 valence electrons. The summed E-state index contributed by atoms with van der Waals surface area (Å²) in [7, 11) is 1.90. The zero-order valence-electron chi connectivity index (χ0n) is 10.0. The topological polar surface area (TPSA) is 59.3 Å². The molecule has 0 radical (unpaired) electrons. The van der Waals surface area contributed by atoms with Crippen LogP contribution in [0.5, 0.6) is 0 Å². The number of likely N-dealkylation sites (tertiary alicyclic amines) is 1. The zero-order valence-corrected chi connectivity index (χ0v) is 11.6. The van der Waals surface area contributed by atoms with E-state index in [4.69, 9.17) is 11.6 Å². The lowest BCUT2D eigenvalue weighted by molar-refractivity contribution is -0.405. The summed E-state index contributed by atoms with van der Waals surface area (Å²) in [5, 5.41) is 10.7. The maximum absolute atomic E-state index is 10.7. The third kappa shape index (κ3) is 3.20. The van der Waals surface area contributed by atoms with Crippen LogP contribution in [0.3, 0.4) is 0 Å². The van der Waals surface area contributed by atoms with E-state index >= 15 is 0 Å². The molecular formula is C11H14ClN3O2S. The molecule has 1 aliphatic heterocycles. The van der Waals surface area contributed by atoms with Gasteiger partial charge < -0.3 is 4.90 Å². The van der Waals surface area contributed by atoms with Gasteiger partial charge in [0.2, 0.25) is 0 Å². The highest BCUT2D eigenvalue weighted by Gasteiger charge is 2.26. The van der Waals surface area contributed by atoms with Crippen LogP contribution in [-0.2, 0) is 6.42 Å². The number of allylic oxidation sites excluding steroid dienone is 1. The summed E-state index contributed by atoms with van der Waals surface area (Å²) < 4.78 is 0.522. The molecule has 7 heteroatoms. The van der Waals surface area contributed by atoms with E-state index in [1.165, 1.54) is 11.3 Å². The molecule has 18 heavy (non-hydrogen) atoms. The van der Waals surface area contributed by atoms with E-state index in [9.17, 15) is 10.1 Å². The van der Waals surface area contributed by atoms with Gasteiger partial charge in [0.15, 0.2) is 4.47 Å². The Balaban J connectivity index is 2.15. The molecule has 1 unspecified atom stereocenters. The van der Waals surface area contributed by atoms with Crippen LogP contribution in [0.1, 0.15) is 17.7 Å². The van der Waals surface area contributed by atoms with E-state index in [0.717, 1.165) is 42.6 Å². The molecule has 0 N–H and O–H groups in total. The van der Waals surface area contributed by atoms with Crippen molar-refractivity contribution >= 4 is 22.9 Å². The molecule has 1 saturated heterocycles. The highest BCUT2D eigenvalue weighted by molar-refractivity contribution is 7.15. The standard InChI is InChI=1S/C11H14ClN3O2S/c1-14-4-2-3-8(10(14)7-15(16)17)5-9-6-13-11(12)18-9/h6-8H,2-5H2,1H3/b10-7-. The number of nitrogens with zero attached hydrogens (tertiary/aromatic N) is 3. The highest BCUT2D eigenvalue weighted by atomic mass is 35.5. The van der Waals surface area contributed by atoms with Gasteiger partial charge in [-0.05, 0) is 19.3 Å². The number of nitro groups is 1. The minimum atomic E-state index is -0.371. The lowest BCUT2D eigenvalue weighted by atomic mass is 9.91. The lowest BCUT2D eigenvalue weighted by Gasteiger charge is -2.32. The van der Waals surface area contributed by atoms with Gasteiger partial charge in [-0.15, -0.1) is 11.3 Å². The van der Waals surface area contributed by atoms with Crippen LogP contribution in [0.15, 0.2) is 18.1 Å². The maximum atomic E-state index is 10.7. The van der Waals surface area contributed by atoms with Gasteiger partial charge in [0.1, 0.15) is 0 Å². The molecule has 0 aromatic carbocycles. The Kier molecular flexibility index (Phi) is 4.19. The normalized spacial score (nSPS) is 22.4. The third-order valence-electron chi connectivity index (χ3n) is 3.12. The minimum Gasteiger partial charge on any atom is -0.373 e. The third-order valence-corrected chi connectivity index (χ3v) is 4.25. The average Bonchev–Trinajstić information content (AvgIpc) is 2.69. The van der Waals surface area contributed by atoms with Gasteiger partial charge >= 0.3 is 0 Å². The highest BCUT2D eigenvalue weighted by Crippen LogP contribution is 2.31. The van der Waals surface area contributed by atoms with Crippen molar-refractivity contribution in [3.8, 4) is 0 Å². The van der Waals surface area contributed by atoms with Gasteiger partial charge in [0.05, 0.1) is 10.6 Å². The monoisotopic (exact) mass is 287 g/mol. The number of hydrogen-bond donors (Lipinski definition) is 0. The van der Waals surface area contributed by atoms with Crippen LogP contribution in [0, 0.1) is 16.0 Å². The molecule has 1 aromatic heterocycles. The Morgan fingerprint density at radius 3 is 3.17 bits per heavy atom. The number of halogens is 1. The Labute approximate surface area is 114 Å². The Morgan fingerprint density at radius 1 is 1.78 bits per heavy atom. The summed E-state index contributed by atoms with van der Waals surface area (Å²) >= 11 is 7.24. The summed E-state index contributed by atoms with van der Waals surface area (Å²) in [6.45, 7) is 0.875. The van der Waals surface area contributed by atoms with Crippen molar-refractivity contribution in [1.82, 2.24) is 9.88 Å². The first-order chi connectivity index (χ1) is 8.56. The Morgan fingerprint density at radius 2 is 2.56 bits per heavy atom. The van der Waals surface area contributed by atoms with Crippen molar-refractivity contribution in [2.45, 2.75) is 19.3 Å². The summed E-state index contributed by atoms with van der Waals surface area (Å²) in [6, 6.07) is 0. The fourth-order valence-electron chi connectivity index (χ4n) is 2.30. The van der Waals surface area contributed by atoms with E-state index in [1.807, 2.05) is 11.9 Å². The van der Waals surface area contributed by atoms with E-state index in [0.29, 0.717) is 4.47 Å². The van der Waals surface area contributed by atoms with Crippen molar-refractivity contribution in [1.29, 1.82) is 0 Å². The van der Waals surface area contributed by atoms with Crippen LogP contribution in [0.4, 0.5) is 0 Å². The van der Waals surface area contributed by atoms with E-state index in [1.54, 1.807) is 6.20 Å². The summed E-state index contributed by atoms with van der Waals surface area (Å²) in [5.74, 6) is 0.186. The first-order valence-corrected chi connectivity index (χ1v) is 6.92. The quantitative estimate of drug-likeness (QED) is 0.633. The molecule has 1 aliphatic rings. The Hall–Kier alpha value is -1.14. The first kappa shape index (κ1) is 13.3. The molecule has 0 amide bonds. The average molecular weight is 288 g/mol. The molecule has 5 nitrogen and oxygen atoms in total. The first-order valence-electron chi connectivity index (χ1n) is 5.73. The van der Waals surface area contributed by atoms with Crippen LogP contribution < -0.4 is 0 Å². The van der Waals surface area contributed by atoms with E-state index < -0.39 is 0 Å². The van der Waals surface area contributed by atoms with Crippen LogP contribution in [0.25, 0.3) is 0 Å². The van der Waals surface area contributed by atoms with Gasteiger partial charge in [-0.3, -0.25) is 10.1 Å². The molecule has 0 spiro atoms. The fourth-order valence-corrected chi connectivity index (χ4v) is 3.36. The number of hydrogen-bond acceptors (Lipinski definition) is 5. The second kappa shape index (κ2) is 5.67. The molecule has 1 atom stereocenters. The molecule has 2 heterocycles. The van der Waals surface area contributed by atoms with Crippen LogP contribution in [-0.4, -0.2) is 28.4 Å². The molecular weight excluding hydrogens is 274 g/mol. The van der Waals surface area contributed by atoms with Gasteiger partial charge in [-0.25, -0.2) is 4.98 Å². The fraction of sp³-hybridized carbons (Fsp3) is 0.545. The van der Waals surface area contributed by atoms with Crippen molar-refractivity contribution < 1.29 is 4.92 Å². The van der Waals surface area contributed by atoms with Gasteiger partial charge in [0, 0.05) is 30.6 Å². The summed E-state index contributed by atoms with van der Waals surface area (Å²) in [6.07, 6.45) is 5.69. The largest absolute Gasteiger partial charge is 0.373 e. The Bertz CT molecular complexity index is 475. The second-order valence-corrected chi connectivity index (χ2v) is 6.08. The van der Waals surface area contributed by atoms with Crippen LogP contribution >= 0.6 is 22.9 Å². The molecule has 2 rings (SSSR count). The molecule has 0 saturated carbocycles. The minimum absolute atomic E-state index is 0.186. The van der Waals surface area contributed by atoms with Crippen molar-refractivity contribution in [2.24, 2.45) is 5.92 Å². The SMILES string of the molecule is CN1CCCC(Cc2cnc(Cl)s2)/C1=C/[N+](=O)[O-]. The molecule has 1 aromatic rings. The van der Waals surface area contributed by atoms with Gasteiger partial charge in [-0.1, -0.05) is 11.6 Å². The van der Waals surface area contributed by atoms with Crippen molar-refractivity contribution in [3.63, 3.8) is 0 Å². The van der Waals surface area contributed by atoms with E-state index in [-0.39, 0.29) is 10.8 Å². The predicted octanol–water partition coefficient (Wildman–Crippen LogP) is 2.80. The summed E-state index contributed by atoms with van der Waals surface area (Å²) in [4.78, 5) is 17.4. The number of piperidine rings is 1. The molecule has 0 aliphatic carbocycles. The smallest absolute Gasteiger partial charge is 0.253 e. The van der Waals surface area contributed by atoms with Gasteiger partial charge in [0.25, 0.3) is 6.20 Å². The number of aromatic nitrogens is 1. The summed E-state index contributed by atoms with van der Waals surface area (Å²) in [5.41, 5.74) is 0.802. The number of thiazole rings is 1. The lowest BCUT2D eigenvalue weighted by Crippen LogP contribution is -2.31. The van der Waals surface area contributed by atoms with Gasteiger partial charge in [-0.2, -0.15) is 0 Å². The second-order valence-electron chi connectivity index (χ2n) is 4.38. The van der Waals surface area contributed by atoms with Crippen molar-refractivity contribution in [3.05, 3.63) is 37.6 Å². The zero-order chi connectivity index (χ0) is 13.1. The molecule has 0 bridgehead atoms. The predicted molar refractivity (Wildman–Crippen MR) is 71.3 cm³/mol. The maximum Gasteiger partial charge on any atom is 0.253 e. The molecule has 1 fully saturated rings. The number of rotatable bonds is 3. The van der Waals surface area contributed by atoms with Crippen LogP contribution in [0.2, 0.25) is 4.47 Å².